The molecule has 1 aromatic rings. The minimum atomic E-state index is -3.34. The first-order valence-electron chi connectivity index (χ1n) is 6.03. The molecule has 2 unspecified atom stereocenters. The van der Waals surface area contributed by atoms with Gasteiger partial charge in [-0.1, -0.05) is 11.6 Å². The van der Waals surface area contributed by atoms with Crippen LogP contribution in [0.1, 0.15) is 6.42 Å². The molecule has 4 nitrogen and oxygen atoms in total. The molecule has 18 heavy (non-hydrogen) atoms. The first-order chi connectivity index (χ1) is 8.57. The predicted octanol–water partition coefficient (Wildman–Crippen LogP) is 1.63. The monoisotopic (exact) mass is 306 g/mol. The van der Waals surface area contributed by atoms with E-state index in [4.69, 9.17) is 11.6 Å². The highest BCUT2D eigenvalue weighted by atomic mass is 35.5. The molecule has 0 bridgehead atoms. The number of piperidine rings is 1. The summed E-state index contributed by atoms with van der Waals surface area (Å²) in [4.78, 5) is 0. The van der Waals surface area contributed by atoms with Gasteiger partial charge in [-0.15, -0.1) is 11.3 Å². The van der Waals surface area contributed by atoms with Crippen molar-refractivity contribution in [1.29, 1.82) is 0 Å². The Morgan fingerprint density at radius 1 is 1.33 bits per heavy atom. The van der Waals surface area contributed by atoms with Gasteiger partial charge in [0.1, 0.15) is 4.21 Å². The third-order valence-electron chi connectivity index (χ3n) is 3.81. The van der Waals surface area contributed by atoms with Crippen LogP contribution in [0.15, 0.2) is 16.3 Å². The molecular weight excluding hydrogens is 292 g/mol. The topological polar surface area (TPSA) is 49.4 Å². The van der Waals surface area contributed by atoms with Gasteiger partial charge >= 0.3 is 0 Å². The lowest BCUT2D eigenvalue weighted by molar-refractivity contribution is 0.228. The molecule has 0 radical (unpaired) electrons. The molecule has 0 aliphatic carbocycles. The quantitative estimate of drug-likeness (QED) is 0.903. The summed E-state index contributed by atoms with van der Waals surface area (Å²) in [7, 11) is -3.34. The largest absolute Gasteiger partial charge is 0.316 e. The summed E-state index contributed by atoms with van der Waals surface area (Å²) in [6, 6.07) is 3.24. The zero-order chi connectivity index (χ0) is 12.8. The molecule has 0 saturated carbocycles. The van der Waals surface area contributed by atoms with Crippen LogP contribution >= 0.6 is 22.9 Å². The summed E-state index contributed by atoms with van der Waals surface area (Å²) >= 11 is 6.95. The molecule has 2 aliphatic rings. The zero-order valence-corrected chi connectivity index (χ0v) is 12.2. The maximum atomic E-state index is 12.4. The Morgan fingerprint density at radius 3 is 2.83 bits per heavy atom. The van der Waals surface area contributed by atoms with Crippen LogP contribution in [0.4, 0.5) is 0 Å². The lowest BCUT2D eigenvalue weighted by Crippen LogP contribution is -2.43. The number of halogens is 1. The van der Waals surface area contributed by atoms with Gasteiger partial charge in [-0.05, 0) is 43.5 Å². The van der Waals surface area contributed by atoms with Gasteiger partial charge in [0.25, 0.3) is 10.0 Å². The summed E-state index contributed by atoms with van der Waals surface area (Å²) in [6.45, 7) is 3.22. The molecule has 2 saturated heterocycles. The minimum absolute atomic E-state index is 0.358. The number of nitrogens with one attached hydrogen (secondary N) is 1. The van der Waals surface area contributed by atoms with Crippen molar-refractivity contribution in [3.63, 3.8) is 0 Å². The van der Waals surface area contributed by atoms with E-state index in [2.05, 4.69) is 5.32 Å². The Morgan fingerprint density at radius 2 is 2.11 bits per heavy atom. The van der Waals surface area contributed by atoms with E-state index in [1.807, 2.05) is 0 Å². The number of sulfonamides is 1. The molecule has 1 N–H and O–H groups in total. The molecule has 2 atom stereocenters. The summed E-state index contributed by atoms with van der Waals surface area (Å²) in [5.74, 6) is 1.10. The van der Waals surface area contributed by atoms with E-state index < -0.39 is 10.0 Å². The summed E-state index contributed by atoms with van der Waals surface area (Å²) < 4.78 is 27.4. The van der Waals surface area contributed by atoms with E-state index in [1.54, 1.807) is 16.4 Å². The predicted molar refractivity (Wildman–Crippen MR) is 72.6 cm³/mol. The van der Waals surface area contributed by atoms with Gasteiger partial charge in [0.2, 0.25) is 0 Å². The number of nitrogens with zero attached hydrogens (tertiary/aromatic N) is 1. The average molecular weight is 307 g/mol. The van der Waals surface area contributed by atoms with Crippen molar-refractivity contribution in [2.24, 2.45) is 11.8 Å². The fraction of sp³-hybridized carbons (Fsp3) is 0.636. The van der Waals surface area contributed by atoms with Gasteiger partial charge in [-0.3, -0.25) is 0 Å². The van der Waals surface area contributed by atoms with Crippen molar-refractivity contribution >= 4 is 33.0 Å². The van der Waals surface area contributed by atoms with Crippen LogP contribution in [0.25, 0.3) is 0 Å². The first-order valence-corrected chi connectivity index (χ1v) is 8.67. The Hall–Kier alpha value is -0.140. The number of rotatable bonds is 2. The van der Waals surface area contributed by atoms with E-state index in [1.165, 1.54) is 0 Å². The maximum absolute atomic E-state index is 12.4. The maximum Gasteiger partial charge on any atom is 0.252 e. The highest BCUT2D eigenvalue weighted by Crippen LogP contribution is 2.33. The fourth-order valence-corrected chi connectivity index (χ4v) is 5.93. The van der Waals surface area contributed by atoms with Crippen LogP contribution in [0.3, 0.4) is 0 Å². The SMILES string of the molecule is O=S(=O)(c1ccc(Cl)s1)N1CCC2CNCC2C1. The summed E-state index contributed by atoms with van der Waals surface area (Å²) in [5, 5.41) is 3.34. The molecule has 0 spiro atoms. The van der Waals surface area contributed by atoms with Crippen LogP contribution in [0.5, 0.6) is 0 Å². The molecule has 0 aromatic carbocycles. The van der Waals surface area contributed by atoms with E-state index in [-0.39, 0.29) is 0 Å². The Balaban J connectivity index is 1.82. The fourth-order valence-electron chi connectivity index (χ4n) is 2.78. The second-order valence-electron chi connectivity index (χ2n) is 4.89. The van der Waals surface area contributed by atoms with E-state index in [0.29, 0.717) is 33.5 Å². The molecule has 3 rings (SSSR count). The summed E-state index contributed by atoms with van der Waals surface area (Å²) in [5.41, 5.74) is 0. The third-order valence-corrected chi connectivity index (χ3v) is 7.37. The van der Waals surface area contributed by atoms with Crippen LogP contribution in [-0.2, 0) is 10.0 Å². The van der Waals surface area contributed by atoms with Gasteiger partial charge in [0.05, 0.1) is 4.34 Å². The summed E-state index contributed by atoms with van der Waals surface area (Å²) in [6.07, 6.45) is 0.954. The Labute approximate surface area is 116 Å². The first kappa shape index (κ1) is 12.9. The minimum Gasteiger partial charge on any atom is -0.316 e. The van der Waals surface area contributed by atoms with Crippen LogP contribution < -0.4 is 5.32 Å². The van der Waals surface area contributed by atoms with E-state index in [0.717, 1.165) is 30.8 Å². The molecule has 1 aromatic heterocycles. The normalized spacial score (nSPS) is 29.4. The van der Waals surface area contributed by atoms with Gasteiger partial charge < -0.3 is 5.32 Å². The Kier molecular flexibility index (Phi) is 3.40. The van der Waals surface area contributed by atoms with Crippen molar-refractivity contribution in [3.05, 3.63) is 16.5 Å². The lowest BCUT2D eigenvalue weighted by atomic mass is 9.90. The van der Waals surface area contributed by atoms with Crippen LogP contribution in [0.2, 0.25) is 4.34 Å². The molecule has 2 fully saturated rings. The van der Waals surface area contributed by atoms with Crippen molar-refractivity contribution in [2.45, 2.75) is 10.6 Å². The molecular formula is C11H15ClN2O2S2. The highest BCUT2D eigenvalue weighted by molar-refractivity contribution is 7.91. The molecule has 7 heteroatoms. The highest BCUT2D eigenvalue weighted by Gasteiger charge is 2.38. The number of hydrogen-bond acceptors (Lipinski definition) is 4. The van der Waals surface area contributed by atoms with Crippen molar-refractivity contribution < 1.29 is 8.42 Å². The third kappa shape index (κ3) is 2.20. The zero-order valence-electron chi connectivity index (χ0n) is 9.80. The average Bonchev–Trinajstić information content (AvgIpc) is 2.96. The second kappa shape index (κ2) is 4.76. The Bertz CT molecular complexity index is 543. The number of fused-ring (bicyclic) bond motifs is 1. The van der Waals surface area contributed by atoms with Crippen molar-refractivity contribution in [1.82, 2.24) is 9.62 Å². The molecule has 3 heterocycles. The van der Waals surface area contributed by atoms with Crippen molar-refractivity contribution in [2.75, 3.05) is 26.2 Å². The van der Waals surface area contributed by atoms with Gasteiger partial charge in [0, 0.05) is 13.1 Å². The molecule has 2 aliphatic heterocycles. The van der Waals surface area contributed by atoms with Gasteiger partial charge in [-0.2, -0.15) is 4.31 Å². The van der Waals surface area contributed by atoms with Crippen LogP contribution in [0, 0.1) is 11.8 Å². The van der Waals surface area contributed by atoms with E-state index in [9.17, 15) is 8.42 Å². The van der Waals surface area contributed by atoms with Gasteiger partial charge in [-0.25, -0.2) is 8.42 Å². The van der Waals surface area contributed by atoms with E-state index >= 15 is 0 Å². The van der Waals surface area contributed by atoms with Crippen LogP contribution in [-0.4, -0.2) is 38.9 Å². The second-order valence-corrected chi connectivity index (χ2v) is 8.77. The van der Waals surface area contributed by atoms with Gasteiger partial charge in [0.15, 0.2) is 0 Å². The standard InChI is InChI=1S/C11H15ClN2O2S2/c12-10-1-2-11(17-10)18(15,16)14-4-3-8-5-13-6-9(8)7-14/h1-2,8-9,13H,3-7H2. The number of hydrogen-bond donors (Lipinski definition) is 1. The molecule has 0 amide bonds. The lowest BCUT2D eigenvalue weighted by Gasteiger charge is -2.33. The van der Waals surface area contributed by atoms with Crippen molar-refractivity contribution in [3.8, 4) is 0 Å². The smallest absolute Gasteiger partial charge is 0.252 e. The number of thiophene rings is 1. The molecule has 100 valence electrons.